The minimum atomic E-state index is 0.0630. The molecular formula is C19H33N5O. The second kappa shape index (κ2) is 8.32. The van der Waals surface area contributed by atoms with Crippen LogP contribution in [0.1, 0.15) is 39.0 Å². The lowest BCUT2D eigenvalue weighted by molar-refractivity contribution is -0.125. The number of carbonyl (C=O) groups excluding carboxylic acids is 1. The van der Waals surface area contributed by atoms with Crippen LogP contribution in [0.5, 0.6) is 0 Å². The lowest BCUT2D eigenvalue weighted by Crippen LogP contribution is -2.43. The number of aromatic nitrogens is 2. The molecule has 1 spiro atoms. The van der Waals surface area contributed by atoms with Gasteiger partial charge in [0.15, 0.2) is 0 Å². The van der Waals surface area contributed by atoms with Gasteiger partial charge in [0.1, 0.15) is 0 Å². The molecule has 2 fully saturated rings. The Labute approximate surface area is 151 Å². The number of aryl methyl sites for hydroxylation is 1. The van der Waals surface area contributed by atoms with E-state index in [1.54, 1.807) is 6.20 Å². The van der Waals surface area contributed by atoms with Gasteiger partial charge in [-0.15, -0.1) is 0 Å². The van der Waals surface area contributed by atoms with Gasteiger partial charge in [0, 0.05) is 32.0 Å². The molecule has 1 aromatic heterocycles. The maximum Gasteiger partial charge on any atom is 0.237 e. The highest BCUT2D eigenvalue weighted by Gasteiger charge is 2.47. The third-order valence-corrected chi connectivity index (χ3v) is 5.89. The molecule has 0 radical (unpaired) electrons. The molecular weight excluding hydrogens is 314 g/mol. The third-order valence-electron chi connectivity index (χ3n) is 5.89. The van der Waals surface area contributed by atoms with Gasteiger partial charge < -0.3 is 10.2 Å². The first-order valence-corrected chi connectivity index (χ1v) is 9.80. The minimum absolute atomic E-state index is 0.0630. The fourth-order valence-corrected chi connectivity index (χ4v) is 4.38. The second-order valence-electron chi connectivity index (χ2n) is 7.91. The number of piperidine rings is 1. The summed E-state index contributed by atoms with van der Waals surface area (Å²) >= 11 is 0. The summed E-state index contributed by atoms with van der Waals surface area (Å²) < 4.78 is 1.92. The van der Waals surface area contributed by atoms with Crippen LogP contribution in [0.4, 0.5) is 0 Å². The summed E-state index contributed by atoms with van der Waals surface area (Å²) in [7, 11) is 2.20. The summed E-state index contributed by atoms with van der Waals surface area (Å²) in [6.07, 6.45) is 9.28. The SMILES string of the molecule is CCCN1CC2(CCN(C)CC2)C[C@@H]1C(=O)NCCCn1cccn1. The first kappa shape index (κ1) is 18.4. The minimum Gasteiger partial charge on any atom is -0.355 e. The van der Waals surface area contributed by atoms with Crippen molar-refractivity contribution in [2.45, 2.75) is 51.6 Å². The monoisotopic (exact) mass is 347 g/mol. The lowest BCUT2D eigenvalue weighted by atomic mass is 9.76. The molecule has 1 amide bonds. The zero-order valence-corrected chi connectivity index (χ0v) is 15.8. The molecule has 0 saturated carbocycles. The molecule has 1 N–H and O–H groups in total. The fourth-order valence-electron chi connectivity index (χ4n) is 4.38. The van der Waals surface area contributed by atoms with E-state index in [1.165, 1.54) is 12.8 Å². The van der Waals surface area contributed by atoms with Gasteiger partial charge in [-0.1, -0.05) is 6.92 Å². The molecule has 0 aromatic carbocycles. The van der Waals surface area contributed by atoms with E-state index in [0.717, 1.165) is 58.5 Å². The topological polar surface area (TPSA) is 53.4 Å². The quantitative estimate of drug-likeness (QED) is 0.761. The molecule has 0 aliphatic carbocycles. The zero-order valence-electron chi connectivity index (χ0n) is 15.8. The van der Waals surface area contributed by atoms with Crippen molar-refractivity contribution in [1.82, 2.24) is 24.9 Å². The molecule has 3 heterocycles. The molecule has 1 atom stereocenters. The highest BCUT2D eigenvalue weighted by Crippen LogP contribution is 2.43. The number of nitrogens with one attached hydrogen (secondary N) is 1. The Morgan fingerprint density at radius 3 is 2.80 bits per heavy atom. The van der Waals surface area contributed by atoms with Gasteiger partial charge in [-0.3, -0.25) is 14.4 Å². The Balaban J connectivity index is 1.50. The van der Waals surface area contributed by atoms with E-state index >= 15 is 0 Å². The van der Waals surface area contributed by atoms with Crippen molar-refractivity contribution in [3.05, 3.63) is 18.5 Å². The van der Waals surface area contributed by atoms with Crippen molar-refractivity contribution in [1.29, 1.82) is 0 Å². The van der Waals surface area contributed by atoms with Gasteiger partial charge in [-0.05, 0) is 70.3 Å². The number of hydrogen-bond donors (Lipinski definition) is 1. The van der Waals surface area contributed by atoms with E-state index in [0.29, 0.717) is 5.41 Å². The van der Waals surface area contributed by atoms with Crippen molar-refractivity contribution in [2.75, 3.05) is 39.8 Å². The van der Waals surface area contributed by atoms with E-state index in [4.69, 9.17) is 0 Å². The van der Waals surface area contributed by atoms with Crippen LogP contribution in [0.2, 0.25) is 0 Å². The molecule has 6 nitrogen and oxygen atoms in total. The second-order valence-corrected chi connectivity index (χ2v) is 7.91. The van der Waals surface area contributed by atoms with Crippen molar-refractivity contribution in [3.8, 4) is 0 Å². The molecule has 25 heavy (non-hydrogen) atoms. The number of amides is 1. The molecule has 1 aromatic rings. The van der Waals surface area contributed by atoms with Crippen molar-refractivity contribution >= 4 is 5.91 Å². The van der Waals surface area contributed by atoms with Crippen LogP contribution in [0.15, 0.2) is 18.5 Å². The Morgan fingerprint density at radius 2 is 2.12 bits per heavy atom. The summed E-state index contributed by atoms with van der Waals surface area (Å²) in [5.41, 5.74) is 0.360. The standard InChI is InChI=1S/C19H33N5O/c1-3-10-23-16-19(6-13-22(2)14-7-19)15-17(23)18(25)20-8-4-11-24-12-5-9-21-24/h5,9,12,17H,3-4,6-8,10-11,13-16H2,1-2H3,(H,20,25)/t17-/m1/s1. The molecule has 3 rings (SSSR count). The van der Waals surface area contributed by atoms with Crippen molar-refractivity contribution in [3.63, 3.8) is 0 Å². The van der Waals surface area contributed by atoms with Gasteiger partial charge in [0.25, 0.3) is 0 Å². The Bertz CT molecular complexity index is 536. The van der Waals surface area contributed by atoms with Gasteiger partial charge in [-0.2, -0.15) is 5.10 Å². The first-order chi connectivity index (χ1) is 12.1. The van der Waals surface area contributed by atoms with E-state index in [1.807, 2.05) is 16.9 Å². The predicted molar refractivity (Wildman–Crippen MR) is 99.3 cm³/mol. The van der Waals surface area contributed by atoms with Gasteiger partial charge >= 0.3 is 0 Å². The summed E-state index contributed by atoms with van der Waals surface area (Å²) in [6, 6.07) is 1.99. The van der Waals surface area contributed by atoms with E-state index in [2.05, 4.69) is 34.2 Å². The van der Waals surface area contributed by atoms with Gasteiger partial charge in [0.05, 0.1) is 6.04 Å². The Morgan fingerprint density at radius 1 is 1.32 bits per heavy atom. The summed E-state index contributed by atoms with van der Waals surface area (Å²) in [4.78, 5) is 17.7. The first-order valence-electron chi connectivity index (χ1n) is 9.80. The number of carbonyl (C=O) groups is 1. The molecule has 140 valence electrons. The van der Waals surface area contributed by atoms with E-state index in [9.17, 15) is 4.79 Å². The Kier molecular flexibility index (Phi) is 6.12. The molecule has 0 unspecified atom stereocenters. The molecule has 2 saturated heterocycles. The van der Waals surface area contributed by atoms with Gasteiger partial charge in [-0.25, -0.2) is 0 Å². The largest absolute Gasteiger partial charge is 0.355 e. The number of rotatable bonds is 7. The van der Waals surface area contributed by atoms with Crippen LogP contribution in [-0.2, 0) is 11.3 Å². The average molecular weight is 348 g/mol. The normalized spacial score (nSPS) is 24.0. The van der Waals surface area contributed by atoms with Gasteiger partial charge in [0.2, 0.25) is 5.91 Å². The molecule has 0 bridgehead atoms. The van der Waals surface area contributed by atoms with Crippen LogP contribution < -0.4 is 5.32 Å². The van der Waals surface area contributed by atoms with Crippen LogP contribution >= 0.6 is 0 Å². The van der Waals surface area contributed by atoms with Crippen LogP contribution in [0.25, 0.3) is 0 Å². The summed E-state index contributed by atoms with van der Waals surface area (Å²) in [6.45, 7) is 8.25. The molecule has 2 aliphatic rings. The van der Waals surface area contributed by atoms with Crippen LogP contribution in [0, 0.1) is 5.41 Å². The van der Waals surface area contributed by atoms with E-state index in [-0.39, 0.29) is 11.9 Å². The summed E-state index contributed by atoms with van der Waals surface area (Å²) in [5, 5.41) is 7.38. The number of hydrogen-bond acceptors (Lipinski definition) is 4. The maximum atomic E-state index is 12.8. The Hall–Kier alpha value is -1.40. The van der Waals surface area contributed by atoms with Crippen molar-refractivity contribution < 1.29 is 4.79 Å². The maximum absolute atomic E-state index is 12.8. The van der Waals surface area contributed by atoms with Crippen LogP contribution in [-0.4, -0.2) is 71.3 Å². The third kappa shape index (κ3) is 4.61. The van der Waals surface area contributed by atoms with E-state index < -0.39 is 0 Å². The summed E-state index contributed by atoms with van der Waals surface area (Å²) in [5.74, 6) is 0.227. The number of nitrogens with zero attached hydrogens (tertiary/aromatic N) is 4. The smallest absolute Gasteiger partial charge is 0.237 e. The van der Waals surface area contributed by atoms with Crippen LogP contribution in [0.3, 0.4) is 0 Å². The molecule has 2 aliphatic heterocycles. The molecule has 6 heteroatoms. The highest BCUT2D eigenvalue weighted by atomic mass is 16.2. The zero-order chi connectivity index (χ0) is 17.7. The average Bonchev–Trinajstić information content (AvgIpc) is 3.23. The predicted octanol–water partition coefficient (Wildman–Crippen LogP) is 1.59. The van der Waals surface area contributed by atoms with Crippen molar-refractivity contribution in [2.24, 2.45) is 5.41 Å². The fraction of sp³-hybridized carbons (Fsp3) is 0.789. The highest BCUT2D eigenvalue weighted by molar-refractivity contribution is 5.82. The lowest BCUT2D eigenvalue weighted by Gasteiger charge is -2.37. The number of likely N-dealkylation sites (tertiary alicyclic amines) is 2.